The Hall–Kier alpha value is -1.18. The Labute approximate surface area is 107 Å². The fraction of sp³-hybridized carbons (Fsp3) is 0.300. The van der Waals surface area contributed by atoms with Crippen LogP contribution in [0.1, 0.15) is 5.82 Å². The van der Waals surface area contributed by atoms with Crippen LogP contribution in [0.5, 0.6) is 0 Å². The number of halogens is 1. The van der Waals surface area contributed by atoms with Gasteiger partial charge in [-0.2, -0.15) is 0 Å². The molecule has 0 amide bonds. The topological polar surface area (TPSA) is 55.6 Å². The van der Waals surface area contributed by atoms with Crippen molar-refractivity contribution in [3.05, 3.63) is 34.2 Å². The number of aromatic nitrogens is 4. The second-order valence-corrected chi connectivity index (χ2v) is 4.60. The van der Waals surface area contributed by atoms with Crippen molar-refractivity contribution in [2.75, 3.05) is 11.9 Å². The Bertz CT molecular complexity index is 450. The number of rotatable bonds is 4. The van der Waals surface area contributed by atoms with Crippen LogP contribution in [0.15, 0.2) is 24.8 Å². The van der Waals surface area contributed by atoms with Crippen molar-refractivity contribution < 1.29 is 0 Å². The van der Waals surface area contributed by atoms with Crippen LogP contribution in [-0.2, 0) is 13.5 Å². The molecule has 0 saturated carbocycles. The van der Waals surface area contributed by atoms with Crippen LogP contribution in [0, 0.1) is 3.57 Å². The van der Waals surface area contributed by atoms with Gasteiger partial charge in [0.15, 0.2) is 0 Å². The highest BCUT2D eigenvalue weighted by molar-refractivity contribution is 14.1. The van der Waals surface area contributed by atoms with Gasteiger partial charge in [0.05, 0.1) is 0 Å². The summed E-state index contributed by atoms with van der Waals surface area (Å²) in [6.45, 7) is 0.783. The second-order valence-electron chi connectivity index (χ2n) is 3.36. The third-order valence-electron chi connectivity index (χ3n) is 2.17. The second kappa shape index (κ2) is 5.24. The van der Waals surface area contributed by atoms with E-state index in [1.165, 1.54) is 0 Å². The largest absolute Gasteiger partial charge is 0.354 e. The Morgan fingerprint density at radius 1 is 1.31 bits per heavy atom. The first-order valence-corrected chi connectivity index (χ1v) is 6.01. The van der Waals surface area contributed by atoms with Crippen LogP contribution in [0.25, 0.3) is 0 Å². The van der Waals surface area contributed by atoms with E-state index < -0.39 is 0 Å². The maximum absolute atomic E-state index is 4.24. The van der Waals surface area contributed by atoms with E-state index in [1.54, 1.807) is 18.6 Å². The van der Waals surface area contributed by atoms with Gasteiger partial charge in [0, 0.05) is 48.4 Å². The van der Waals surface area contributed by atoms with E-state index in [-0.39, 0.29) is 0 Å². The highest BCUT2D eigenvalue weighted by Gasteiger charge is 1.99. The van der Waals surface area contributed by atoms with Crippen molar-refractivity contribution in [2.45, 2.75) is 6.42 Å². The molecule has 2 heterocycles. The molecule has 2 aromatic heterocycles. The Kier molecular flexibility index (Phi) is 3.70. The normalized spacial score (nSPS) is 10.4. The van der Waals surface area contributed by atoms with E-state index in [1.807, 2.05) is 17.8 Å². The van der Waals surface area contributed by atoms with Crippen LogP contribution in [0.3, 0.4) is 0 Å². The summed E-state index contributed by atoms with van der Waals surface area (Å²) in [6, 6.07) is 0. The van der Waals surface area contributed by atoms with E-state index in [0.29, 0.717) is 5.95 Å². The lowest BCUT2D eigenvalue weighted by Gasteiger charge is -2.04. The molecule has 16 heavy (non-hydrogen) atoms. The molecule has 0 saturated heterocycles. The zero-order chi connectivity index (χ0) is 11.4. The van der Waals surface area contributed by atoms with Crippen LogP contribution in [-0.4, -0.2) is 26.1 Å². The van der Waals surface area contributed by atoms with Gasteiger partial charge in [-0.25, -0.2) is 15.0 Å². The molecule has 2 rings (SSSR count). The minimum absolute atomic E-state index is 0.662. The Balaban J connectivity index is 1.84. The number of nitrogens with one attached hydrogen (secondary N) is 1. The molecule has 6 heteroatoms. The minimum atomic E-state index is 0.662. The summed E-state index contributed by atoms with van der Waals surface area (Å²) >= 11 is 2.18. The van der Waals surface area contributed by atoms with E-state index in [4.69, 9.17) is 0 Å². The van der Waals surface area contributed by atoms with Gasteiger partial charge < -0.3 is 9.88 Å². The smallest absolute Gasteiger partial charge is 0.222 e. The molecule has 0 bridgehead atoms. The summed E-state index contributed by atoms with van der Waals surface area (Å²) < 4.78 is 3.04. The number of imidazole rings is 1. The number of anilines is 1. The van der Waals surface area contributed by atoms with Gasteiger partial charge in [0.2, 0.25) is 5.95 Å². The number of aryl methyl sites for hydroxylation is 1. The summed E-state index contributed by atoms with van der Waals surface area (Å²) in [5, 5.41) is 3.16. The molecule has 84 valence electrons. The monoisotopic (exact) mass is 329 g/mol. The standard InChI is InChI=1S/C10H12IN5/c1-16-5-4-12-9(16)2-3-13-10-14-6-8(11)7-15-10/h4-7H,2-3H2,1H3,(H,13,14,15). The van der Waals surface area contributed by atoms with Crippen molar-refractivity contribution in [3.8, 4) is 0 Å². The molecule has 0 atom stereocenters. The van der Waals surface area contributed by atoms with Crippen molar-refractivity contribution in [1.82, 2.24) is 19.5 Å². The van der Waals surface area contributed by atoms with E-state index in [9.17, 15) is 0 Å². The van der Waals surface area contributed by atoms with Crippen molar-refractivity contribution in [3.63, 3.8) is 0 Å². The van der Waals surface area contributed by atoms with Gasteiger partial charge in [-0.1, -0.05) is 0 Å². The first kappa shape index (κ1) is 11.3. The zero-order valence-corrected chi connectivity index (χ0v) is 11.0. The summed E-state index contributed by atoms with van der Waals surface area (Å²) in [6.07, 6.45) is 8.18. The summed E-state index contributed by atoms with van der Waals surface area (Å²) in [5.74, 6) is 1.72. The lowest BCUT2D eigenvalue weighted by Crippen LogP contribution is -2.10. The average Bonchev–Trinajstić information content (AvgIpc) is 2.68. The summed E-state index contributed by atoms with van der Waals surface area (Å²) in [7, 11) is 1.99. The first-order valence-electron chi connectivity index (χ1n) is 4.93. The molecule has 0 radical (unpaired) electrons. The molecule has 0 fully saturated rings. The van der Waals surface area contributed by atoms with Gasteiger partial charge >= 0.3 is 0 Å². The van der Waals surface area contributed by atoms with E-state index in [2.05, 4.69) is 42.9 Å². The third-order valence-corrected chi connectivity index (χ3v) is 2.73. The fourth-order valence-corrected chi connectivity index (χ4v) is 1.61. The molecule has 0 aliphatic rings. The van der Waals surface area contributed by atoms with E-state index >= 15 is 0 Å². The third kappa shape index (κ3) is 2.91. The van der Waals surface area contributed by atoms with Gasteiger partial charge in [-0.15, -0.1) is 0 Å². The van der Waals surface area contributed by atoms with Gasteiger partial charge in [0.1, 0.15) is 5.82 Å². The number of nitrogens with zero attached hydrogens (tertiary/aromatic N) is 4. The maximum Gasteiger partial charge on any atom is 0.222 e. The molecule has 0 unspecified atom stereocenters. The molecule has 0 aliphatic carbocycles. The van der Waals surface area contributed by atoms with Crippen LogP contribution in [0.4, 0.5) is 5.95 Å². The molecule has 0 spiro atoms. The molecule has 2 aromatic rings. The minimum Gasteiger partial charge on any atom is -0.354 e. The maximum atomic E-state index is 4.24. The molecule has 0 aromatic carbocycles. The Morgan fingerprint density at radius 2 is 2.06 bits per heavy atom. The van der Waals surface area contributed by atoms with Crippen LogP contribution < -0.4 is 5.32 Å². The van der Waals surface area contributed by atoms with Crippen molar-refractivity contribution in [2.24, 2.45) is 7.05 Å². The molecule has 0 aliphatic heterocycles. The Morgan fingerprint density at radius 3 is 2.69 bits per heavy atom. The number of hydrogen-bond acceptors (Lipinski definition) is 4. The van der Waals surface area contributed by atoms with Crippen molar-refractivity contribution >= 4 is 28.5 Å². The van der Waals surface area contributed by atoms with Gasteiger partial charge in [0.25, 0.3) is 0 Å². The highest BCUT2D eigenvalue weighted by Crippen LogP contribution is 2.03. The lowest BCUT2D eigenvalue weighted by molar-refractivity contribution is 0.787. The number of hydrogen-bond donors (Lipinski definition) is 1. The SMILES string of the molecule is Cn1ccnc1CCNc1ncc(I)cn1. The first-order chi connectivity index (χ1) is 7.75. The lowest BCUT2D eigenvalue weighted by atomic mass is 10.4. The van der Waals surface area contributed by atoms with Gasteiger partial charge in [-0.3, -0.25) is 0 Å². The summed E-state index contributed by atoms with van der Waals surface area (Å²) in [5.41, 5.74) is 0. The highest BCUT2D eigenvalue weighted by atomic mass is 127. The fourth-order valence-electron chi connectivity index (χ4n) is 1.33. The molecular weight excluding hydrogens is 317 g/mol. The van der Waals surface area contributed by atoms with Crippen LogP contribution in [0.2, 0.25) is 0 Å². The molecule has 1 N–H and O–H groups in total. The zero-order valence-electron chi connectivity index (χ0n) is 8.89. The van der Waals surface area contributed by atoms with Gasteiger partial charge in [-0.05, 0) is 22.6 Å². The predicted octanol–water partition coefficient (Wildman–Crippen LogP) is 1.47. The predicted molar refractivity (Wildman–Crippen MR) is 70.2 cm³/mol. The van der Waals surface area contributed by atoms with Crippen LogP contribution >= 0.6 is 22.6 Å². The molecule has 5 nitrogen and oxygen atoms in total. The quantitative estimate of drug-likeness (QED) is 0.863. The summed E-state index contributed by atoms with van der Waals surface area (Å²) in [4.78, 5) is 12.6. The van der Waals surface area contributed by atoms with Crippen molar-refractivity contribution in [1.29, 1.82) is 0 Å². The molecular formula is C10H12IN5. The van der Waals surface area contributed by atoms with E-state index in [0.717, 1.165) is 22.4 Å². The average molecular weight is 329 g/mol.